The van der Waals surface area contributed by atoms with Crippen molar-refractivity contribution in [2.24, 2.45) is 5.92 Å². The molecule has 1 atom stereocenters. The number of pyridine rings is 1. The molecule has 1 fully saturated rings. The highest BCUT2D eigenvalue weighted by atomic mass is 19.1. The average Bonchev–Trinajstić information content (AvgIpc) is 3.07. The third-order valence-corrected chi connectivity index (χ3v) is 5.02. The molecule has 3 rings (SSSR count). The Labute approximate surface area is 165 Å². The molecule has 1 saturated heterocycles. The van der Waals surface area contributed by atoms with Crippen molar-refractivity contribution in [3.8, 4) is 0 Å². The molecular weight excluding hydrogens is 357 g/mol. The number of likely N-dealkylation sites (tertiary alicyclic amines) is 1. The van der Waals surface area contributed by atoms with Gasteiger partial charge < -0.3 is 9.80 Å². The molecular formula is C22H26FN3O2. The summed E-state index contributed by atoms with van der Waals surface area (Å²) in [5.41, 5.74) is 1.71. The van der Waals surface area contributed by atoms with Gasteiger partial charge in [-0.2, -0.15) is 0 Å². The molecule has 1 aliphatic rings. The van der Waals surface area contributed by atoms with Crippen molar-refractivity contribution in [2.75, 3.05) is 13.1 Å². The van der Waals surface area contributed by atoms with Gasteiger partial charge in [0.25, 0.3) is 0 Å². The zero-order chi connectivity index (χ0) is 19.9. The van der Waals surface area contributed by atoms with Gasteiger partial charge in [-0.3, -0.25) is 14.6 Å². The standard InChI is InChI=1S/C22H26FN3O2/c1-2-3-12-25(14-17-7-9-19(23)10-8-17)22(28)18-13-21(27)26(15-18)16-20-6-4-5-11-24-20/h4-11,18H,2-3,12-16H2,1H3/t18-/m0/s1. The van der Waals surface area contributed by atoms with Crippen LogP contribution in [0.2, 0.25) is 0 Å². The number of carbonyl (C=O) groups is 2. The SMILES string of the molecule is CCCCN(Cc1ccc(F)cc1)C(=O)[C@H]1CC(=O)N(Cc2ccccn2)C1. The summed E-state index contributed by atoms with van der Waals surface area (Å²) in [6.07, 6.45) is 3.80. The van der Waals surface area contributed by atoms with E-state index >= 15 is 0 Å². The molecule has 1 aliphatic heterocycles. The summed E-state index contributed by atoms with van der Waals surface area (Å²) >= 11 is 0. The number of unbranched alkanes of at least 4 members (excludes halogenated alkanes) is 1. The van der Waals surface area contributed by atoms with Gasteiger partial charge in [0.05, 0.1) is 18.2 Å². The summed E-state index contributed by atoms with van der Waals surface area (Å²) in [5.74, 6) is -0.647. The van der Waals surface area contributed by atoms with Gasteiger partial charge in [0.2, 0.25) is 11.8 Å². The van der Waals surface area contributed by atoms with Crippen molar-refractivity contribution in [1.82, 2.24) is 14.8 Å². The Balaban J connectivity index is 1.66. The number of amides is 2. The molecule has 0 saturated carbocycles. The van der Waals surface area contributed by atoms with E-state index in [9.17, 15) is 14.0 Å². The van der Waals surface area contributed by atoms with Crippen molar-refractivity contribution in [3.63, 3.8) is 0 Å². The lowest BCUT2D eigenvalue weighted by atomic mass is 10.1. The molecule has 0 radical (unpaired) electrons. The highest BCUT2D eigenvalue weighted by molar-refractivity contribution is 5.89. The van der Waals surface area contributed by atoms with Crippen LogP contribution in [0.15, 0.2) is 48.7 Å². The van der Waals surface area contributed by atoms with Gasteiger partial charge in [0.1, 0.15) is 5.82 Å². The Morgan fingerprint density at radius 2 is 2.04 bits per heavy atom. The summed E-state index contributed by atoms with van der Waals surface area (Å²) in [5, 5.41) is 0. The van der Waals surface area contributed by atoms with Crippen molar-refractivity contribution in [1.29, 1.82) is 0 Å². The predicted octanol–water partition coefficient (Wildman–Crippen LogP) is 3.40. The molecule has 6 heteroatoms. The fourth-order valence-electron chi connectivity index (χ4n) is 3.46. The number of hydrogen-bond acceptors (Lipinski definition) is 3. The second-order valence-electron chi connectivity index (χ2n) is 7.24. The summed E-state index contributed by atoms with van der Waals surface area (Å²) in [6, 6.07) is 11.8. The van der Waals surface area contributed by atoms with Crippen LogP contribution in [-0.2, 0) is 22.7 Å². The van der Waals surface area contributed by atoms with E-state index in [0.717, 1.165) is 24.1 Å². The number of nitrogens with zero attached hydrogens (tertiary/aromatic N) is 3. The molecule has 0 bridgehead atoms. The molecule has 0 unspecified atom stereocenters. The second kappa shape index (κ2) is 9.44. The smallest absolute Gasteiger partial charge is 0.228 e. The predicted molar refractivity (Wildman–Crippen MR) is 104 cm³/mol. The lowest BCUT2D eigenvalue weighted by molar-refractivity contribution is -0.136. The molecule has 28 heavy (non-hydrogen) atoms. The molecule has 1 aromatic heterocycles. The lowest BCUT2D eigenvalue weighted by Crippen LogP contribution is -2.37. The quantitative estimate of drug-likeness (QED) is 0.702. The normalized spacial score (nSPS) is 16.4. The number of rotatable bonds is 8. The van der Waals surface area contributed by atoms with E-state index in [1.165, 1.54) is 12.1 Å². The van der Waals surface area contributed by atoms with Gasteiger partial charge in [0.15, 0.2) is 0 Å². The number of hydrogen-bond donors (Lipinski definition) is 0. The first-order chi connectivity index (χ1) is 13.6. The first kappa shape index (κ1) is 20.0. The van der Waals surface area contributed by atoms with Gasteiger partial charge in [-0.25, -0.2) is 4.39 Å². The van der Waals surface area contributed by atoms with Crippen LogP contribution in [0.4, 0.5) is 4.39 Å². The van der Waals surface area contributed by atoms with Gasteiger partial charge in [0, 0.05) is 32.3 Å². The third kappa shape index (κ3) is 5.15. The van der Waals surface area contributed by atoms with E-state index < -0.39 is 0 Å². The minimum atomic E-state index is -0.339. The van der Waals surface area contributed by atoms with Crippen LogP contribution in [0.3, 0.4) is 0 Å². The summed E-state index contributed by atoms with van der Waals surface area (Å²) < 4.78 is 13.2. The summed E-state index contributed by atoms with van der Waals surface area (Å²) in [4.78, 5) is 33.3. The van der Waals surface area contributed by atoms with Crippen molar-refractivity contribution in [2.45, 2.75) is 39.3 Å². The monoisotopic (exact) mass is 383 g/mol. The van der Waals surface area contributed by atoms with E-state index in [1.54, 1.807) is 28.1 Å². The molecule has 0 aliphatic carbocycles. The van der Waals surface area contributed by atoms with Gasteiger partial charge in [-0.15, -0.1) is 0 Å². The molecule has 2 aromatic rings. The summed E-state index contributed by atoms with van der Waals surface area (Å²) in [7, 11) is 0. The zero-order valence-electron chi connectivity index (χ0n) is 16.2. The lowest BCUT2D eigenvalue weighted by Gasteiger charge is -2.26. The van der Waals surface area contributed by atoms with Gasteiger partial charge >= 0.3 is 0 Å². The molecule has 2 amide bonds. The average molecular weight is 383 g/mol. The van der Waals surface area contributed by atoms with E-state index in [4.69, 9.17) is 0 Å². The number of aromatic nitrogens is 1. The van der Waals surface area contributed by atoms with Crippen LogP contribution in [0.25, 0.3) is 0 Å². The van der Waals surface area contributed by atoms with Crippen molar-refractivity contribution >= 4 is 11.8 Å². The maximum absolute atomic E-state index is 13.2. The van der Waals surface area contributed by atoms with Crippen LogP contribution in [0, 0.1) is 11.7 Å². The first-order valence-electron chi connectivity index (χ1n) is 9.77. The van der Waals surface area contributed by atoms with Crippen LogP contribution < -0.4 is 0 Å². The Morgan fingerprint density at radius 1 is 1.25 bits per heavy atom. The molecule has 1 aromatic carbocycles. The van der Waals surface area contributed by atoms with Crippen molar-refractivity contribution < 1.29 is 14.0 Å². The van der Waals surface area contributed by atoms with Crippen LogP contribution in [-0.4, -0.2) is 39.7 Å². The van der Waals surface area contributed by atoms with Crippen LogP contribution >= 0.6 is 0 Å². The van der Waals surface area contributed by atoms with E-state index in [2.05, 4.69) is 11.9 Å². The molecule has 5 nitrogen and oxygen atoms in total. The number of benzene rings is 1. The highest BCUT2D eigenvalue weighted by Gasteiger charge is 2.36. The number of halogens is 1. The minimum absolute atomic E-state index is 0.00496. The second-order valence-corrected chi connectivity index (χ2v) is 7.24. The Morgan fingerprint density at radius 3 is 2.71 bits per heavy atom. The minimum Gasteiger partial charge on any atom is -0.338 e. The summed E-state index contributed by atoms with van der Waals surface area (Å²) in [6.45, 7) is 3.99. The largest absolute Gasteiger partial charge is 0.338 e. The Bertz CT molecular complexity index is 795. The zero-order valence-corrected chi connectivity index (χ0v) is 16.2. The van der Waals surface area contributed by atoms with Crippen molar-refractivity contribution in [3.05, 3.63) is 65.7 Å². The van der Waals surface area contributed by atoms with Crippen LogP contribution in [0.1, 0.15) is 37.4 Å². The fraction of sp³-hybridized carbons (Fsp3) is 0.409. The molecule has 2 heterocycles. The highest BCUT2D eigenvalue weighted by Crippen LogP contribution is 2.23. The van der Waals surface area contributed by atoms with Crippen LogP contribution in [0.5, 0.6) is 0 Å². The third-order valence-electron chi connectivity index (χ3n) is 5.02. The molecule has 0 spiro atoms. The van der Waals surface area contributed by atoms with Gasteiger partial charge in [-0.1, -0.05) is 31.5 Å². The fourth-order valence-corrected chi connectivity index (χ4v) is 3.46. The number of carbonyl (C=O) groups excluding carboxylic acids is 2. The van der Waals surface area contributed by atoms with E-state index in [1.807, 2.05) is 18.2 Å². The van der Waals surface area contributed by atoms with E-state index in [0.29, 0.717) is 26.2 Å². The Hall–Kier alpha value is -2.76. The first-order valence-corrected chi connectivity index (χ1v) is 9.77. The Kier molecular flexibility index (Phi) is 6.74. The van der Waals surface area contributed by atoms with E-state index in [-0.39, 0.29) is 30.0 Å². The topological polar surface area (TPSA) is 53.5 Å². The molecule has 148 valence electrons. The van der Waals surface area contributed by atoms with Gasteiger partial charge in [-0.05, 0) is 36.2 Å². The maximum atomic E-state index is 13.2. The maximum Gasteiger partial charge on any atom is 0.228 e. The molecule has 0 N–H and O–H groups in total.